The number of halogens is 3. The first-order valence-electron chi connectivity index (χ1n) is 5.20. The molecule has 96 valence electrons. The van der Waals surface area contributed by atoms with E-state index in [1.165, 1.54) is 0 Å². The highest BCUT2D eigenvalue weighted by Crippen LogP contribution is 2.31. The highest BCUT2D eigenvalue weighted by Gasteiger charge is 2.23. The second-order valence-electron chi connectivity index (χ2n) is 3.74. The van der Waals surface area contributed by atoms with Crippen molar-refractivity contribution in [3.05, 3.63) is 44.9 Å². The molecule has 0 radical (unpaired) electrons. The molecule has 0 aliphatic heterocycles. The molecule has 0 fully saturated rings. The molecule has 2 aromatic rings. The second-order valence-corrected chi connectivity index (χ2v) is 4.99. The van der Waals surface area contributed by atoms with E-state index in [0.29, 0.717) is 20.8 Å². The Morgan fingerprint density at radius 3 is 2.44 bits per heavy atom. The van der Waals surface area contributed by atoms with Gasteiger partial charge in [-0.3, -0.25) is 9.67 Å². The van der Waals surface area contributed by atoms with Gasteiger partial charge in [-0.2, -0.15) is 5.10 Å². The van der Waals surface area contributed by atoms with Gasteiger partial charge in [0.2, 0.25) is 0 Å². The van der Waals surface area contributed by atoms with Crippen LogP contribution in [0.4, 0.5) is 0 Å². The molecule has 2 heterocycles. The molecule has 0 saturated carbocycles. The van der Waals surface area contributed by atoms with Gasteiger partial charge in [0.25, 0.3) is 0 Å². The zero-order chi connectivity index (χ0) is 13.3. The van der Waals surface area contributed by atoms with Crippen molar-refractivity contribution in [2.45, 2.75) is 6.04 Å². The van der Waals surface area contributed by atoms with Crippen molar-refractivity contribution in [1.82, 2.24) is 20.1 Å². The largest absolute Gasteiger partial charge is 0.307 e. The SMILES string of the molecule is CNC(c1ncc(Cl)cc1Cl)c1c(Cl)cnn1C. The van der Waals surface area contributed by atoms with Crippen molar-refractivity contribution in [3.63, 3.8) is 0 Å². The summed E-state index contributed by atoms with van der Waals surface area (Å²) in [5.74, 6) is 0. The summed E-state index contributed by atoms with van der Waals surface area (Å²) in [4.78, 5) is 4.26. The standard InChI is InChI=1S/C11H11Cl3N4/c1-15-10(11-8(14)5-17-18(11)2)9-7(13)3-6(12)4-16-9/h3-5,10,15H,1-2H3. The zero-order valence-electron chi connectivity index (χ0n) is 9.78. The van der Waals surface area contributed by atoms with Crippen molar-refractivity contribution < 1.29 is 0 Å². The Labute approximate surface area is 120 Å². The molecule has 0 saturated heterocycles. The average Bonchev–Trinajstić information content (AvgIpc) is 2.64. The molecule has 1 atom stereocenters. The Bertz CT molecular complexity index is 548. The fraction of sp³-hybridized carbons (Fsp3) is 0.273. The highest BCUT2D eigenvalue weighted by molar-refractivity contribution is 6.35. The smallest absolute Gasteiger partial charge is 0.0949 e. The molecule has 0 amide bonds. The van der Waals surface area contributed by atoms with Crippen LogP contribution < -0.4 is 5.32 Å². The molecule has 4 nitrogen and oxygen atoms in total. The van der Waals surface area contributed by atoms with E-state index in [9.17, 15) is 0 Å². The summed E-state index contributed by atoms with van der Waals surface area (Å²) in [5.41, 5.74) is 1.46. The fourth-order valence-electron chi connectivity index (χ4n) is 1.79. The lowest BCUT2D eigenvalue weighted by molar-refractivity contribution is 0.595. The summed E-state index contributed by atoms with van der Waals surface area (Å²) in [6.07, 6.45) is 3.14. The Kier molecular flexibility index (Phi) is 4.12. The topological polar surface area (TPSA) is 42.7 Å². The van der Waals surface area contributed by atoms with Gasteiger partial charge in [-0.15, -0.1) is 0 Å². The van der Waals surface area contributed by atoms with E-state index < -0.39 is 0 Å². The summed E-state index contributed by atoms with van der Waals surface area (Å²) >= 11 is 18.1. The van der Waals surface area contributed by atoms with Crippen molar-refractivity contribution in [1.29, 1.82) is 0 Å². The maximum absolute atomic E-state index is 6.16. The van der Waals surface area contributed by atoms with Gasteiger partial charge in [-0.25, -0.2) is 0 Å². The van der Waals surface area contributed by atoms with Crippen LogP contribution in [0.1, 0.15) is 17.4 Å². The van der Waals surface area contributed by atoms with Gasteiger partial charge in [0.15, 0.2) is 0 Å². The Morgan fingerprint density at radius 2 is 1.94 bits per heavy atom. The molecule has 0 aliphatic carbocycles. The summed E-state index contributed by atoms with van der Waals surface area (Å²) in [7, 11) is 3.62. The van der Waals surface area contributed by atoms with Crippen LogP contribution in [0.5, 0.6) is 0 Å². The molecule has 0 spiro atoms. The second kappa shape index (κ2) is 5.45. The van der Waals surface area contributed by atoms with Crippen LogP contribution in [0, 0.1) is 0 Å². The first kappa shape index (κ1) is 13.6. The van der Waals surface area contributed by atoms with Crippen LogP contribution in [-0.2, 0) is 7.05 Å². The number of aryl methyl sites for hydroxylation is 1. The first-order chi connectivity index (χ1) is 8.54. The van der Waals surface area contributed by atoms with E-state index in [0.717, 1.165) is 5.69 Å². The number of aromatic nitrogens is 3. The number of rotatable bonds is 3. The van der Waals surface area contributed by atoms with Gasteiger partial charge >= 0.3 is 0 Å². The summed E-state index contributed by atoms with van der Waals surface area (Å²) in [6, 6.07) is 1.41. The summed E-state index contributed by atoms with van der Waals surface area (Å²) in [6.45, 7) is 0. The molecule has 2 rings (SSSR count). The normalized spacial score (nSPS) is 12.7. The van der Waals surface area contributed by atoms with E-state index in [2.05, 4.69) is 15.4 Å². The quantitative estimate of drug-likeness (QED) is 0.947. The van der Waals surface area contributed by atoms with Crippen molar-refractivity contribution in [2.24, 2.45) is 7.05 Å². The van der Waals surface area contributed by atoms with Crippen molar-refractivity contribution in [3.8, 4) is 0 Å². The van der Waals surface area contributed by atoms with Crippen LogP contribution >= 0.6 is 34.8 Å². The lowest BCUT2D eigenvalue weighted by Crippen LogP contribution is -2.22. The van der Waals surface area contributed by atoms with Crippen LogP contribution in [-0.4, -0.2) is 21.8 Å². The number of nitrogens with zero attached hydrogens (tertiary/aromatic N) is 3. The van der Waals surface area contributed by atoms with E-state index in [4.69, 9.17) is 34.8 Å². The first-order valence-corrected chi connectivity index (χ1v) is 6.33. The predicted molar refractivity (Wildman–Crippen MR) is 73.4 cm³/mol. The van der Waals surface area contributed by atoms with Crippen LogP contribution in [0.15, 0.2) is 18.5 Å². The lowest BCUT2D eigenvalue weighted by Gasteiger charge is -2.18. The van der Waals surface area contributed by atoms with Crippen molar-refractivity contribution in [2.75, 3.05) is 7.05 Å². The molecular formula is C11H11Cl3N4. The van der Waals surface area contributed by atoms with Gasteiger partial charge < -0.3 is 5.32 Å². The minimum absolute atomic E-state index is 0.241. The highest BCUT2D eigenvalue weighted by atomic mass is 35.5. The number of nitrogens with one attached hydrogen (secondary N) is 1. The lowest BCUT2D eigenvalue weighted by atomic mass is 10.1. The molecule has 7 heteroatoms. The number of hydrogen-bond acceptors (Lipinski definition) is 3. The summed E-state index contributed by atoms with van der Waals surface area (Å²) < 4.78 is 1.69. The third kappa shape index (κ3) is 2.47. The third-order valence-electron chi connectivity index (χ3n) is 2.61. The van der Waals surface area contributed by atoms with E-state index in [1.54, 1.807) is 30.2 Å². The van der Waals surface area contributed by atoms with Gasteiger partial charge in [-0.1, -0.05) is 34.8 Å². The van der Waals surface area contributed by atoms with E-state index >= 15 is 0 Å². The van der Waals surface area contributed by atoms with E-state index in [-0.39, 0.29) is 6.04 Å². The van der Waals surface area contributed by atoms with Crippen molar-refractivity contribution >= 4 is 34.8 Å². The maximum atomic E-state index is 6.16. The number of pyridine rings is 1. The van der Waals surface area contributed by atoms with Gasteiger partial charge in [0, 0.05) is 13.2 Å². The number of hydrogen-bond donors (Lipinski definition) is 1. The molecule has 0 aromatic carbocycles. The van der Waals surface area contributed by atoms with Crippen LogP contribution in [0.2, 0.25) is 15.1 Å². The molecule has 0 bridgehead atoms. The molecule has 0 aliphatic rings. The van der Waals surface area contributed by atoms with Crippen LogP contribution in [0.25, 0.3) is 0 Å². The van der Waals surface area contributed by atoms with Gasteiger partial charge in [0.05, 0.1) is 38.7 Å². The summed E-state index contributed by atoms with van der Waals surface area (Å²) in [5, 5.41) is 8.77. The molecule has 1 N–H and O–H groups in total. The molecule has 18 heavy (non-hydrogen) atoms. The van der Waals surface area contributed by atoms with E-state index in [1.807, 2.05) is 7.05 Å². The monoisotopic (exact) mass is 304 g/mol. The molecule has 2 aromatic heterocycles. The van der Waals surface area contributed by atoms with Gasteiger partial charge in [0.1, 0.15) is 0 Å². The van der Waals surface area contributed by atoms with Crippen LogP contribution in [0.3, 0.4) is 0 Å². The Hall–Kier alpha value is -0.810. The average molecular weight is 306 g/mol. The maximum Gasteiger partial charge on any atom is 0.0949 e. The molecule has 1 unspecified atom stereocenters. The Morgan fingerprint density at radius 1 is 1.22 bits per heavy atom. The predicted octanol–water partition coefficient (Wildman–Crippen LogP) is 3.08. The molecular weight excluding hydrogens is 295 g/mol. The third-order valence-corrected chi connectivity index (χ3v) is 3.41. The minimum atomic E-state index is -0.241. The minimum Gasteiger partial charge on any atom is -0.307 e. The Balaban J connectivity index is 2.52. The zero-order valence-corrected chi connectivity index (χ0v) is 12.1. The fourth-order valence-corrected chi connectivity index (χ4v) is 2.55. The van der Waals surface area contributed by atoms with Gasteiger partial charge in [-0.05, 0) is 13.1 Å².